The van der Waals surface area contributed by atoms with E-state index in [0.29, 0.717) is 24.3 Å². The van der Waals surface area contributed by atoms with Gasteiger partial charge in [-0.25, -0.2) is 9.59 Å². The Kier molecular flexibility index (Phi) is 5.86. The van der Waals surface area contributed by atoms with Gasteiger partial charge in [0.05, 0.1) is 11.6 Å². The Labute approximate surface area is 147 Å². The molecule has 0 aromatic heterocycles. The lowest BCUT2D eigenvalue weighted by Crippen LogP contribution is -2.51. The molecule has 1 saturated heterocycles. The number of ether oxygens (including phenoxy) is 1. The van der Waals surface area contributed by atoms with Gasteiger partial charge in [0.25, 0.3) is 0 Å². The number of alkyl carbamates (subject to hydrolysis) is 1. The van der Waals surface area contributed by atoms with E-state index < -0.39 is 11.7 Å². The van der Waals surface area contributed by atoms with Gasteiger partial charge >= 0.3 is 12.1 Å². The van der Waals surface area contributed by atoms with Crippen LogP contribution in [-0.4, -0.2) is 41.8 Å². The minimum atomic E-state index is -0.554. The van der Waals surface area contributed by atoms with Gasteiger partial charge in [-0.05, 0) is 51.8 Å². The highest BCUT2D eigenvalue weighted by Gasteiger charge is 2.26. The number of nitrogens with one attached hydrogen (secondary N) is 2. The van der Waals surface area contributed by atoms with E-state index in [2.05, 4.69) is 10.6 Å². The van der Waals surface area contributed by atoms with E-state index in [0.717, 1.165) is 12.8 Å². The van der Waals surface area contributed by atoms with Crippen molar-refractivity contribution in [3.05, 3.63) is 29.8 Å². The Bertz CT molecular complexity index is 676. The van der Waals surface area contributed by atoms with Crippen LogP contribution < -0.4 is 10.6 Å². The zero-order valence-corrected chi connectivity index (χ0v) is 14.8. The average Bonchev–Trinajstić information content (AvgIpc) is 2.53. The number of carbonyl (C=O) groups excluding carboxylic acids is 2. The third-order valence-electron chi connectivity index (χ3n) is 3.67. The molecule has 1 aromatic carbocycles. The zero-order valence-electron chi connectivity index (χ0n) is 14.8. The summed E-state index contributed by atoms with van der Waals surface area (Å²) in [6, 6.07) is 8.41. The second-order valence-corrected chi connectivity index (χ2v) is 7.05. The summed E-state index contributed by atoms with van der Waals surface area (Å²) in [6.45, 7) is 6.47. The van der Waals surface area contributed by atoms with E-state index in [1.165, 1.54) is 0 Å². The summed E-state index contributed by atoms with van der Waals surface area (Å²) >= 11 is 0. The fraction of sp³-hybridized carbons (Fsp3) is 0.500. The third-order valence-corrected chi connectivity index (χ3v) is 3.67. The number of urea groups is 1. The van der Waals surface area contributed by atoms with Crippen molar-refractivity contribution in [3.63, 3.8) is 0 Å². The monoisotopic (exact) mass is 344 g/mol. The molecule has 1 atom stereocenters. The topological polar surface area (TPSA) is 94.5 Å². The highest BCUT2D eigenvalue weighted by Crippen LogP contribution is 2.15. The summed E-state index contributed by atoms with van der Waals surface area (Å²) < 4.78 is 5.26. The number of hydrogen-bond donors (Lipinski definition) is 2. The Hall–Kier alpha value is -2.75. The molecule has 1 aliphatic rings. The van der Waals surface area contributed by atoms with Crippen molar-refractivity contribution in [1.29, 1.82) is 5.26 Å². The van der Waals surface area contributed by atoms with Crippen LogP contribution in [0.3, 0.4) is 0 Å². The van der Waals surface area contributed by atoms with Crippen LogP contribution in [0.2, 0.25) is 0 Å². The predicted octanol–water partition coefficient (Wildman–Crippen LogP) is 3.08. The number of carbonyl (C=O) groups is 2. The van der Waals surface area contributed by atoms with Crippen molar-refractivity contribution < 1.29 is 14.3 Å². The van der Waals surface area contributed by atoms with Crippen LogP contribution in [0.5, 0.6) is 0 Å². The number of anilines is 1. The molecule has 1 aromatic rings. The molecule has 7 heteroatoms. The molecule has 0 unspecified atom stereocenters. The van der Waals surface area contributed by atoms with Gasteiger partial charge in [-0.3, -0.25) is 0 Å². The largest absolute Gasteiger partial charge is 0.444 e. The van der Waals surface area contributed by atoms with Crippen LogP contribution in [0.15, 0.2) is 24.3 Å². The summed E-state index contributed by atoms with van der Waals surface area (Å²) in [7, 11) is 0. The van der Waals surface area contributed by atoms with E-state index in [1.807, 2.05) is 26.8 Å². The number of likely N-dealkylation sites (tertiary alicyclic amines) is 1. The van der Waals surface area contributed by atoms with Gasteiger partial charge in [0, 0.05) is 24.8 Å². The third kappa shape index (κ3) is 5.99. The highest BCUT2D eigenvalue weighted by atomic mass is 16.6. The lowest BCUT2D eigenvalue weighted by molar-refractivity contribution is 0.0480. The molecule has 0 bridgehead atoms. The summed E-state index contributed by atoms with van der Waals surface area (Å²) in [5, 5.41) is 14.5. The van der Waals surface area contributed by atoms with E-state index in [9.17, 15) is 9.59 Å². The molecule has 3 amide bonds. The Morgan fingerprint density at radius 2 is 2.12 bits per heavy atom. The molecule has 7 nitrogen and oxygen atoms in total. The number of amides is 3. The number of hydrogen-bond acceptors (Lipinski definition) is 4. The maximum atomic E-state index is 12.4. The lowest BCUT2D eigenvalue weighted by atomic mass is 10.1. The molecule has 25 heavy (non-hydrogen) atoms. The van der Waals surface area contributed by atoms with Crippen LogP contribution in [0.4, 0.5) is 15.3 Å². The SMILES string of the molecule is CC(C)(C)OC(=O)N[C@H]1CCCN(C(=O)Nc2cccc(C#N)c2)C1. The minimum absolute atomic E-state index is 0.139. The first-order valence-corrected chi connectivity index (χ1v) is 8.32. The smallest absolute Gasteiger partial charge is 0.407 e. The second-order valence-electron chi connectivity index (χ2n) is 7.05. The highest BCUT2D eigenvalue weighted by molar-refractivity contribution is 5.89. The Morgan fingerprint density at radius 1 is 1.36 bits per heavy atom. The van der Waals surface area contributed by atoms with Gasteiger partial charge in [-0.15, -0.1) is 0 Å². The van der Waals surface area contributed by atoms with Crippen molar-refractivity contribution in [2.75, 3.05) is 18.4 Å². The number of nitriles is 1. The van der Waals surface area contributed by atoms with Gasteiger partial charge in [0.15, 0.2) is 0 Å². The van der Waals surface area contributed by atoms with Gasteiger partial charge < -0.3 is 20.3 Å². The van der Waals surface area contributed by atoms with E-state index in [1.54, 1.807) is 29.2 Å². The molecule has 0 radical (unpaired) electrons. The van der Waals surface area contributed by atoms with Crippen molar-refractivity contribution in [1.82, 2.24) is 10.2 Å². The Balaban J connectivity index is 1.90. The predicted molar refractivity (Wildman–Crippen MR) is 94.1 cm³/mol. The molecule has 0 aliphatic carbocycles. The van der Waals surface area contributed by atoms with Crippen molar-refractivity contribution in [2.24, 2.45) is 0 Å². The van der Waals surface area contributed by atoms with Gasteiger partial charge in [0.1, 0.15) is 5.60 Å². The fourth-order valence-corrected chi connectivity index (χ4v) is 2.62. The quantitative estimate of drug-likeness (QED) is 0.862. The van der Waals surface area contributed by atoms with Crippen LogP contribution in [0, 0.1) is 11.3 Å². The average molecular weight is 344 g/mol. The molecule has 134 valence electrons. The molecule has 0 spiro atoms. The van der Waals surface area contributed by atoms with Gasteiger partial charge in [-0.1, -0.05) is 6.07 Å². The molecule has 1 heterocycles. The molecule has 1 fully saturated rings. The minimum Gasteiger partial charge on any atom is -0.444 e. The van der Waals surface area contributed by atoms with E-state index >= 15 is 0 Å². The maximum absolute atomic E-state index is 12.4. The first kappa shape index (κ1) is 18.6. The van der Waals surface area contributed by atoms with Gasteiger partial charge in [0.2, 0.25) is 0 Å². The van der Waals surface area contributed by atoms with Crippen molar-refractivity contribution >= 4 is 17.8 Å². The summed E-state index contributed by atoms with van der Waals surface area (Å²) in [5.41, 5.74) is 0.508. The number of rotatable bonds is 2. The van der Waals surface area contributed by atoms with Crippen molar-refractivity contribution in [3.8, 4) is 6.07 Å². The van der Waals surface area contributed by atoms with Crippen molar-refractivity contribution in [2.45, 2.75) is 45.3 Å². The van der Waals surface area contributed by atoms with E-state index in [4.69, 9.17) is 10.00 Å². The number of piperidine rings is 1. The van der Waals surface area contributed by atoms with Crippen LogP contribution in [-0.2, 0) is 4.74 Å². The number of benzene rings is 1. The molecule has 0 saturated carbocycles. The van der Waals surface area contributed by atoms with Gasteiger partial charge in [-0.2, -0.15) is 5.26 Å². The first-order chi connectivity index (χ1) is 11.8. The molecule has 2 N–H and O–H groups in total. The second kappa shape index (κ2) is 7.88. The zero-order chi connectivity index (χ0) is 18.4. The summed E-state index contributed by atoms with van der Waals surface area (Å²) in [4.78, 5) is 26.0. The van der Waals surface area contributed by atoms with E-state index in [-0.39, 0.29) is 12.1 Å². The molecule has 2 rings (SSSR count). The molecule has 1 aliphatic heterocycles. The maximum Gasteiger partial charge on any atom is 0.407 e. The number of nitrogens with zero attached hydrogens (tertiary/aromatic N) is 2. The lowest BCUT2D eigenvalue weighted by Gasteiger charge is -2.33. The summed E-state index contributed by atoms with van der Waals surface area (Å²) in [6.07, 6.45) is 1.13. The fourth-order valence-electron chi connectivity index (χ4n) is 2.62. The Morgan fingerprint density at radius 3 is 2.80 bits per heavy atom. The standard InChI is InChI=1S/C18H24N4O3/c1-18(2,3)25-17(24)21-15-8-5-9-22(12-15)16(23)20-14-7-4-6-13(10-14)11-19/h4,6-7,10,15H,5,8-9,12H2,1-3H3,(H,20,23)(H,21,24)/t15-/m0/s1. The van der Waals surface area contributed by atoms with Crippen LogP contribution in [0.25, 0.3) is 0 Å². The summed E-state index contributed by atoms with van der Waals surface area (Å²) in [5.74, 6) is 0. The first-order valence-electron chi connectivity index (χ1n) is 8.32. The van der Waals surface area contributed by atoms with Crippen LogP contribution >= 0.6 is 0 Å². The van der Waals surface area contributed by atoms with Crippen LogP contribution in [0.1, 0.15) is 39.2 Å². The normalized spacial score (nSPS) is 17.4. The molecular formula is C18H24N4O3. The molecular weight excluding hydrogens is 320 g/mol.